The van der Waals surface area contributed by atoms with Gasteiger partial charge in [-0.2, -0.15) is 10.1 Å². The predicted molar refractivity (Wildman–Crippen MR) is 96.7 cm³/mol. The van der Waals surface area contributed by atoms with E-state index in [4.69, 9.17) is 10.1 Å². The normalized spacial score (nSPS) is 10.4. The van der Waals surface area contributed by atoms with Crippen molar-refractivity contribution in [1.29, 1.82) is 5.41 Å². The summed E-state index contributed by atoms with van der Waals surface area (Å²) >= 11 is 0. The van der Waals surface area contributed by atoms with E-state index in [-0.39, 0.29) is 12.4 Å². The van der Waals surface area contributed by atoms with Crippen LogP contribution in [0.2, 0.25) is 0 Å². The summed E-state index contributed by atoms with van der Waals surface area (Å²) in [5.41, 5.74) is 1.60. The zero-order chi connectivity index (χ0) is 18.5. The van der Waals surface area contributed by atoms with Crippen LogP contribution < -0.4 is 15.4 Å². The minimum absolute atomic E-state index is 0.153. The number of anilines is 3. The molecule has 0 saturated carbocycles. The lowest BCUT2D eigenvalue weighted by Gasteiger charge is -2.13. The van der Waals surface area contributed by atoms with Crippen LogP contribution in [0.15, 0.2) is 36.8 Å². The van der Waals surface area contributed by atoms with Crippen LogP contribution in [0.3, 0.4) is 0 Å². The van der Waals surface area contributed by atoms with E-state index in [0.717, 1.165) is 11.9 Å². The van der Waals surface area contributed by atoms with E-state index in [0.29, 0.717) is 28.6 Å². The van der Waals surface area contributed by atoms with Gasteiger partial charge in [-0.15, -0.1) is 0 Å². The van der Waals surface area contributed by atoms with Crippen molar-refractivity contribution in [1.82, 2.24) is 19.7 Å². The third kappa shape index (κ3) is 3.77. The highest BCUT2D eigenvalue weighted by molar-refractivity contribution is 5.84. The van der Waals surface area contributed by atoms with Crippen LogP contribution >= 0.6 is 0 Å². The largest absolute Gasteiger partial charge is 0.496 e. The monoisotopic (exact) mass is 355 g/mol. The molecule has 0 aliphatic rings. The molecule has 0 unspecified atom stereocenters. The number of methoxy groups -OCH3 is 1. The number of ether oxygens (including phenoxy) is 1. The smallest absolute Gasteiger partial charge is 0.229 e. The molecule has 26 heavy (non-hydrogen) atoms. The molecule has 1 aromatic carbocycles. The van der Waals surface area contributed by atoms with Gasteiger partial charge in [-0.05, 0) is 12.1 Å². The number of halogens is 1. The summed E-state index contributed by atoms with van der Waals surface area (Å²) in [7, 11) is 3.29. The van der Waals surface area contributed by atoms with Crippen LogP contribution in [-0.4, -0.2) is 33.1 Å². The van der Waals surface area contributed by atoms with Gasteiger partial charge < -0.3 is 20.8 Å². The summed E-state index contributed by atoms with van der Waals surface area (Å²) in [4.78, 5) is 8.54. The maximum Gasteiger partial charge on any atom is 0.229 e. The Hall–Kier alpha value is -3.49. The van der Waals surface area contributed by atoms with E-state index in [1.54, 1.807) is 36.3 Å². The van der Waals surface area contributed by atoms with Crippen molar-refractivity contribution >= 4 is 23.7 Å². The first-order valence-corrected chi connectivity index (χ1v) is 7.79. The van der Waals surface area contributed by atoms with Crippen LogP contribution in [0, 0.1) is 11.2 Å². The minimum Gasteiger partial charge on any atom is -0.496 e. The summed E-state index contributed by atoms with van der Waals surface area (Å²) < 4.78 is 20.9. The topological polar surface area (TPSA) is 101 Å². The molecule has 0 aliphatic heterocycles. The van der Waals surface area contributed by atoms with Crippen LogP contribution in [-0.2, 0) is 13.6 Å². The molecule has 0 atom stereocenters. The zero-order valence-electron chi connectivity index (χ0n) is 14.3. The molecule has 0 saturated heterocycles. The average Bonchev–Trinajstić information content (AvgIpc) is 3.05. The third-order valence-corrected chi connectivity index (χ3v) is 3.66. The fourth-order valence-electron chi connectivity index (χ4n) is 2.39. The molecule has 3 rings (SSSR count). The zero-order valence-corrected chi connectivity index (χ0v) is 14.3. The first-order chi connectivity index (χ1) is 12.6. The maximum atomic E-state index is 14.1. The van der Waals surface area contributed by atoms with Crippen LogP contribution in [0.4, 0.5) is 21.8 Å². The molecule has 0 fully saturated rings. The van der Waals surface area contributed by atoms with E-state index in [2.05, 4.69) is 25.7 Å². The molecule has 9 heteroatoms. The molecule has 2 heterocycles. The summed E-state index contributed by atoms with van der Waals surface area (Å²) in [6, 6.07) is 4.64. The van der Waals surface area contributed by atoms with Crippen molar-refractivity contribution in [3.63, 3.8) is 0 Å². The van der Waals surface area contributed by atoms with Gasteiger partial charge in [-0.1, -0.05) is 6.07 Å². The first-order valence-electron chi connectivity index (χ1n) is 7.79. The summed E-state index contributed by atoms with van der Waals surface area (Å²) in [5.74, 6) is 0.811. The first kappa shape index (κ1) is 17.3. The van der Waals surface area contributed by atoms with Crippen molar-refractivity contribution in [2.24, 2.45) is 7.05 Å². The third-order valence-electron chi connectivity index (χ3n) is 3.66. The van der Waals surface area contributed by atoms with Crippen LogP contribution in [0.25, 0.3) is 0 Å². The number of hydrogen-bond donors (Lipinski definition) is 3. The fraction of sp³-hybridized carbons (Fsp3) is 0.176. The van der Waals surface area contributed by atoms with Gasteiger partial charge in [-0.3, -0.25) is 4.68 Å². The molecule has 3 N–H and O–H groups in total. The quantitative estimate of drug-likeness (QED) is 0.564. The Morgan fingerprint density at radius 2 is 2.19 bits per heavy atom. The van der Waals surface area contributed by atoms with E-state index >= 15 is 0 Å². The molecule has 0 amide bonds. The molecule has 0 radical (unpaired) electrons. The van der Waals surface area contributed by atoms with Crippen molar-refractivity contribution in [2.45, 2.75) is 6.54 Å². The Labute approximate surface area is 149 Å². The highest BCUT2D eigenvalue weighted by Gasteiger charge is 2.11. The Kier molecular flexibility index (Phi) is 5.07. The predicted octanol–water partition coefficient (Wildman–Crippen LogP) is 2.71. The van der Waals surface area contributed by atoms with Gasteiger partial charge in [0, 0.05) is 37.8 Å². The van der Waals surface area contributed by atoms with Gasteiger partial charge in [0.1, 0.15) is 17.4 Å². The minimum atomic E-state index is -0.379. The Balaban J connectivity index is 1.82. The van der Waals surface area contributed by atoms with Crippen LogP contribution in [0.5, 0.6) is 5.75 Å². The van der Waals surface area contributed by atoms with Crippen molar-refractivity contribution in [3.8, 4) is 5.75 Å². The molecular formula is C17H18FN7O. The summed E-state index contributed by atoms with van der Waals surface area (Å²) in [6.07, 6.45) is 6.07. The summed E-state index contributed by atoms with van der Waals surface area (Å²) in [5, 5.41) is 17.6. The number of rotatable bonds is 7. The number of aromatic nitrogens is 4. The number of aryl methyl sites for hydroxylation is 1. The standard InChI is InChI=1S/C17H18FN7O/c1-25-10-12(8-22-25)23-17-21-7-11(6-19)16(24-17)20-9-13-14(18)4-3-5-15(13)26-2/h3-8,10,19H,9H2,1-2H3,(H2,20,21,23,24). The lowest BCUT2D eigenvalue weighted by atomic mass is 10.2. The van der Waals surface area contributed by atoms with E-state index in [1.165, 1.54) is 19.4 Å². The fourth-order valence-corrected chi connectivity index (χ4v) is 2.39. The molecule has 0 spiro atoms. The van der Waals surface area contributed by atoms with E-state index in [1.807, 2.05) is 0 Å². The Morgan fingerprint density at radius 1 is 1.35 bits per heavy atom. The molecule has 2 aromatic heterocycles. The molecule has 134 valence electrons. The van der Waals surface area contributed by atoms with Gasteiger partial charge in [0.25, 0.3) is 0 Å². The Bertz CT molecular complexity index is 925. The average molecular weight is 355 g/mol. The van der Waals surface area contributed by atoms with Gasteiger partial charge in [0.15, 0.2) is 0 Å². The maximum absolute atomic E-state index is 14.1. The number of nitrogens with one attached hydrogen (secondary N) is 3. The highest BCUT2D eigenvalue weighted by Crippen LogP contribution is 2.23. The van der Waals surface area contributed by atoms with Gasteiger partial charge in [0.2, 0.25) is 5.95 Å². The SMILES string of the molecule is COc1cccc(F)c1CNc1nc(Nc2cnn(C)c2)ncc1C=N. The lowest BCUT2D eigenvalue weighted by Crippen LogP contribution is -2.09. The van der Waals surface area contributed by atoms with Crippen LogP contribution in [0.1, 0.15) is 11.1 Å². The van der Waals surface area contributed by atoms with E-state index < -0.39 is 0 Å². The number of hydrogen-bond acceptors (Lipinski definition) is 7. The Morgan fingerprint density at radius 3 is 2.88 bits per heavy atom. The number of benzene rings is 1. The molecule has 0 bridgehead atoms. The van der Waals surface area contributed by atoms with Crippen molar-refractivity contribution in [2.75, 3.05) is 17.7 Å². The van der Waals surface area contributed by atoms with Gasteiger partial charge in [0.05, 0.1) is 24.6 Å². The molecule has 3 aromatic rings. The van der Waals surface area contributed by atoms with Crippen molar-refractivity contribution < 1.29 is 9.13 Å². The molecule has 8 nitrogen and oxygen atoms in total. The molecule has 0 aliphatic carbocycles. The summed E-state index contributed by atoms with van der Waals surface area (Å²) in [6.45, 7) is 0.153. The second-order valence-electron chi connectivity index (χ2n) is 5.44. The molecular weight excluding hydrogens is 337 g/mol. The second-order valence-corrected chi connectivity index (χ2v) is 5.44. The van der Waals surface area contributed by atoms with E-state index in [9.17, 15) is 4.39 Å². The highest BCUT2D eigenvalue weighted by atomic mass is 19.1. The lowest BCUT2D eigenvalue weighted by molar-refractivity contribution is 0.405. The second kappa shape index (κ2) is 7.60. The van der Waals surface area contributed by atoms with Gasteiger partial charge in [-0.25, -0.2) is 9.37 Å². The van der Waals surface area contributed by atoms with Crippen molar-refractivity contribution in [3.05, 3.63) is 53.7 Å². The van der Waals surface area contributed by atoms with Gasteiger partial charge >= 0.3 is 0 Å². The number of nitrogens with zero attached hydrogens (tertiary/aromatic N) is 4.